The van der Waals surface area contributed by atoms with Crippen molar-refractivity contribution in [2.75, 3.05) is 44.2 Å². The van der Waals surface area contributed by atoms with Gasteiger partial charge < -0.3 is 14.9 Å². The Morgan fingerprint density at radius 2 is 1.76 bits per heavy atom. The van der Waals surface area contributed by atoms with Crippen molar-refractivity contribution in [1.82, 2.24) is 19.6 Å². The molecule has 1 fully saturated rings. The molecule has 5 rings (SSSR count). The molecule has 2 aliphatic heterocycles. The predicted octanol–water partition coefficient (Wildman–Crippen LogP) is 4.47. The molecule has 11 heteroatoms. The molecule has 0 aliphatic carbocycles. The maximum absolute atomic E-state index is 11.6. The van der Waals surface area contributed by atoms with Gasteiger partial charge in [-0.3, -0.25) is 19.7 Å². The minimum absolute atomic E-state index is 0.155. The van der Waals surface area contributed by atoms with Gasteiger partial charge in [0.2, 0.25) is 0 Å². The van der Waals surface area contributed by atoms with Crippen molar-refractivity contribution in [3.05, 3.63) is 74.4 Å². The van der Waals surface area contributed by atoms with Crippen LogP contribution in [-0.2, 0) is 19.5 Å². The molecule has 0 atom stereocenters. The highest BCUT2D eigenvalue weighted by Crippen LogP contribution is 2.31. The van der Waals surface area contributed by atoms with Crippen molar-refractivity contribution in [1.29, 1.82) is 0 Å². The number of nitro benzene ring substituents is 1. The van der Waals surface area contributed by atoms with Gasteiger partial charge in [0, 0.05) is 79.6 Å². The summed E-state index contributed by atoms with van der Waals surface area (Å²) in [7, 11) is 0. The molecule has 37 heavy (non-hydrogen) atoms. The molecule has 2 aliphatic rings. The van der Waals surface area contributed by atoms with Gasteiger partial charge in [-0.15, -0.1) is 0 Å². The molecule has 0 bridgehead atoms. The van der Waals surface area contributed by atoms with Crippen LogP contribution in [0.2, 0.25) is 0 Å². The summed E-state index contributed by atoms with van der Waals surface area (Å²) >= 11 is 3.48. The lowest BCUT2D eigenvalue weighted by Crippen LogP contribution is -2.47. The first-order valence-electron chi connectivity index (χ1n) is 12.4. The summed E-state index contributed by atoms with van der Waals surface area (Å²) in [6, 6.07) is 14.9. The van der Waals surface area contributed by atoms with E-state index in [1.807, 2.05) is 36.4 Å². The summed E-state index contributed by atoms with van der Waals surface area (Å²) in [6.07, 6.45) is 0.668. The number of rotatable bonds is 7. The maximum Gasteiger partial charge on any atom is 0.407 e. The second-order valence-electron chi connectivity index (χ2n) is 9.39. The summed E-state index contributed by atoms with van der Waals surface area (Å²) in [5.74, 6) is 0. The molecule has 1 aromatic heterocycles. The number of aromatic nitrogens is 2. The Morgan fingerprint density at radius 3 is 2.46 bits per heavy atom. The number of halogens is 1. The first kappa shape index (κ1) is 25.2. The van der Waals surface area contributed by atoms with Crippen LogP contribution in [0.5, 0.6) is 0 Å². The number of nitrogens with zero attached hydrogens (tertiary/aromatic N) is 6. The van der Waals surface area contributed by atoms with E-state index >= 15 is 0 Å². The van der Waals surface area contributed by atoms with E-state index in [1.165, 1.54) is 4.90 Å². The van der Waals surface area contributed by atoms with E-state index in [4.69, 9.17) is 5.10 Å². The Hall–Kier alpha value is -3.44. The quantitative estimate of drug-likeness (QED) is 0.331. The molecule has 2 aromatic carbocycles. The Morgan fingerprint density at radius 1 is 1.03 bits per heavy atom. The number of fused-ring (bicyclic) bond motifs is 1. The average molecular weight is 569 g/mol. The van der Waals surface area contributed by atoms with Crippen molar-refractivity contribution in [2.45, 2.75) is 25.9 Å². The van der Waals surface area contributed by atoms with Gasteiger partial charge in [-0.1, -0.05) is 40.2 Å². The van der Waals surface area contributed by atoms with E-state index < -0.39 is 6.09 Å². The zero-order valence-electron chi connectivity index (χ0n) is 20.4. The van der Waals surface area contributed by atoms with Crippen molar-refractivity contribution in [3.63, 3.8) is 0 Å². The zero-order chi connectivity index (χ0) is 25.9. The number of nitro groups is 1. The number of carboxylic acid groups (broad SMARTS) is 1. The molecule has 1 saturated heterocycles. The highest BCUT2D eigenvalue weighted by molar-refractivity contribution is 9.10. The molecule has 1 amide bonds. The number of benzene rings is 2. The maximum atomic E-state index is 11.6. The molecule has 0 saturated carbocycles. The van der Waals surface area contributed by atoms with Crippen LogP contribution in [0.3, 0.4) is 0 Å². The van der Waals surface area contributed by atoms with E-state index in [2.05, 4.69) is 30.4 Å². The second kappa shape index (κ2) is 10.9. The summed E-state index contributed by atoms with van der Waals surface area (Å²) in [4.78, 5) is 28.6. The number of anilines is 1. The Bertz CT molecular complexity index is 1290. The van der Waals surface area contributed by atoms with E-state index in [-0.39, 0.29) is 10.6 Å². The molecule has 0 spiro atoms. The third-order valence-electron chi connectivity index (χ3n) is 7.16. The zero-order valence-corrected chi connectivity index (χ0v) is 22.0. The van der Waals surface area contributed by atoms with Crippen LogP contribution >= 0.6 is 15.9 Å². The van der Waals surface area contributed by atoms with Crippen LogP contribution in [0.1, 0.15) is 17.7 Å². The number of piperazine rings is 1. The highest BCUT2D eigenvalue weighted by atomic mass is 79.9. The van der Waals surface area contributed by atoms with Gasteiger partial charge in [-0.25, -0.2) is 4.79 Å². The summed E-state index contributed by atoms with van der Waals surface area (Å²) < 4.78 is 3.05. The van der Waals surface area contributed by atoms with Crippen molar-refractivity contribution < 1.29 is 14.8 Å². The van der Waals surface area contributed by atoms with Gasteiger partial charge in [0.25, 0.3) is 5.69 Å². The number of hydrogen-bond donors (Lipinski definition) is 1. The fourth-order valence-electron chi connectivity index (χ4n) is 5.22. The average Bonchev–Trinajstić information content (AvgIpc) is 3.27. The van der Waals surface area contributed by atoms with E-state index in [1.54, 1.807) is 12.1 Å². The van der Waals surface area contributed by atoms with Crippen LogP contribution in [-0.4, -0.2) is 75.0 Å². The van der Waals surface area contributed by atoms with Gasteiger partial charge in [0.05, 0.1) is 17.2 Å². The normalized spacial score (nSPS) is 16.0. The van der Waals surface area contributed by atoms with Gasteiger partial charge in [-0.05, 0) is 24.6 Å². The number of para-hydroxylation sites is 2. The Balaban J connectivity index is 1.23. The number of carbonyl (C=O) groups is 1. The molecule has 1 N–H and O–H groups in total. The van der Waals surface area contributed by atoms with E-state index in [9.17, 15) is 20.0 Å². The lowest BCUT2D eigenvalue weighted by molar-refractivity contribution is -0.384. The highest BCUT2D eigenvalue weighted by Gasteiger charge is 2.28. The minimum Gasteiger partial charge on any atom is -0.465 e. The van der Waals surface area contributed by atoms with Crippen LogP contribution < -0.4 is 4.90 Å². The molecule has 3 aromatic rings. The summed E-state index contributed by atoms with van der Waals surface area (Å²) in [5.41, 5.74) is 4.79. The summed E-state index contributed by atoms with van der Waals surface area (Å²) in [5, 5.41) is 25.9. The van der Waals surface area contributed by atoms with E-state index in [0.29, 0.717) is 25.2 Å². The fraction of sp³-hybridized carbons (Fsp3) is 0.385. The van der Waals surface area contributed by atoms with Crippen LogP contribution in [0.4, 0.5) is 16.2 Å². The molecule has 3 heterocycles. The van der Waals surface area contributed by atoms with Gasteiger partial charge >= 0.3 is 6.09 Å². The fourth-order valence-corrected chi connectivity index (χ4v) is 5.49. The molecular weight excluding hydrogens is 540 g/mol. The molecular formula is C26H29BrN6O4. The molecule has 194 valence electrons. The minimum atomic E-state index is -0.903. The van der Waals surface area contributed by atoms with Gasteiger partial charge in [-0.2, -0.15) is 5.10 Å². The molecule has 0 unspecified atom stereocenters. The van der Waals surface area contributed by atoms with Crippen LogP contribution in [0.25, 0.3) is 11.3 Å². The Kier molecular flexibility index (Phi) is 7.43. The number of amides is 1. The second-order valence-corrected chi connectivity index (χ2v) is 10.3. The monoisotopic (exact) mass is 568 g/mol. The lowest BCUT2D eigenvalue weighted by atomic mass is 10.0. The van der Waals surface area contributed by atoms with Crippen molar-refractivity contribution >= 4 is 33.4 Å². The third-order valence-corrected chi connectivity index (χ3v) is 7.69. The predicted molar refractivity (Wildman–Crippen MR) is 144 cm³/mol. The standard InChI is InChI=1S/C26H29BrN6O4/c27-20-8-6-19(7-9-20)25-21-18-31(26(34)35)13-10-22(21)32(28-25)12-3-11-29-14-16-30(17-15-29)23-4-1-2-5-24(23)33(36)37/h1-2,4-9H,3,10-18H2,(H,34,35). The topological polar surface area (TPSA) is 108 Å². The first-order valence-corrected chi connectivity index (χ1v) is 13.2. The first-order chi connectivity index (χ1) is 17.9. The van der Waals surface area contributed by atoms with Gasteiger partial charge in [0.15, 0.2) is 0 Å². The van der Waals surface area contributed by atoms with Crippen LogP contribution in [0.15, 0.2) is 53.0 Å². The van der Waals surface area contributed by atoms with E-state index in [0.717, 1.165) is 72.7 Å². The number of hydrogen-bond acceptors (Lipinski definition) is 6. The largest absolute Gasteiger partial charge is 0.465 e. The third kappa shape index (κ3) is 5.47. The van der Waals surface area contributed by atoms with Crippen LogP contribution in [0, 0.1) is 10.1 Å². The lowest BCUT2D eigenvalue weighted by Gasteiger charge is -2.35. The molecule has 0 radical (unpaired) electrons. The SMILES string of the molecule is O=C(O)N1CCc2c(c(-c3ccc(Br)cc3)nn2CCCN2CCN(c3ccccc3[N+](=O)[O-])CC2)C1. The van der Waals surface area contributed by atoms with Gasteiger partial charge in [0.1, 0.15) is 5.69 Å². The summed E-state index contributed by atoms with van der Waals surface area (Å²) in [6.45, 7) is 5.69. The number of aryl methyl sites for hydroxylation is 1. The van der Waals surface area contributed by atoms with Crippen molar-refractivity contribution in [3.8, 4) is 11.3 Å². The van der Waals surface area contributed by atoms with Crippen molar-refractivity contribution in [2.24, 2.45) is 0 Å². The smallest absolute Gasteiger partial charge is 0.407 e. The Labute approximate surface area is 223 Å². The molecule has 10 nitrogen and oxygen atoms in total.